The number of carbonyl (C=O) groups is 2. The Morgan fingerprint density at radius 3 is 2.27 bits per heavy atom. The maximum Gasteiger partial charge on any atom is 0.416 e. The molecule has 0 aliphatic heterocycles. The van der Waals surface area contributed by atoms with Crippen LogP contribution in [0.2, 0.25) is 0 Å². The van der Waals surface area contributed by atoms with E-state index in [2.05, 4.69) is 5.32 Å². The molecular weight excluding hydrogens is 420 g/mol. The van der Waals surface area contributed by atoms with Gasteiger partial charge < -0.3 is 15.2 Å². The summed E-state index contributed by atoms with van der Waals surface area (Å²) in [5.74, 6) is -2.55. The lowest BCUT2D eigenvalue weighted by atomic mass is 9.79. The highest BCUT2D eigenvalue weighted by molar-refractivity contribution is 5.92. The number of halogens is 6. The number of hydrogen-bond donors (Lipinski definition) is 2. The Morgan fingerprint density at radius 1 is 1.13 bits per heavy atom. The highest BCUT2D eigenvalue weighted by Gasteiger charge is 2.53. The van der Waals surface area contributed by atoms with Gasteiger partial charge in [-0.1, -0.05) is 13.0 Å². The minimum absolute atomic E-state index is 0.00894. The summed E-state index contributed by atoms with van der Waals surface area (Å²) < 4.78 is 84.8. The third kappa shape index (κ3) is 5.25. The Bertz CT molecular complexity index is 863. The predicted molar refractivity (Wildman–Crippen MR) is 92.5 cm³/mol. The van der Waals surface area contributed by atoms with Crippen LogP contribution in [0.4, 0.5) is 26.3 Å². The number of aliphatic carboxylic acids is 1. The Balaban J connectivity index is 2.37. The molecule has 0 bridgehead atoms. The number of amides is 1. The molecule has 2 aliphatic carbocycles. The summed E-state index contributed by atoms with van der Waals surface area (Å²) in [6.07, 6.45) is -9.19. The quantitative estimate of drug-likeness (QED) is 0.598. The van der Waals surface area contributed by atoms with Gasteiger partial charge in [0.2, 0.25) is 5.91 Å². The van der Waals surface area contributed by atoms with Crippen LogP contribution in [0, 0.1) is 5.41 Å². The average molecular weight is 439 g/mol. The van der Waals surface area contributed by atoms with Crippen LogP contribution in [0.3, 0.4) is 0 Å². The van der Waals surface area contributed by atoms with Crippen molar-refractivity contribution in [3.63, 3.8) is 0 Å². The Kier molecular flexibility index (Phi) is 6.43. The standard InChI is InChI=1S/C19H19F6NO4/c1-3-15(27)26-14-5-4-11(7-13(14)16(28)29)30-12-6-10(18(20,21)22)8-17(2,9-12)19(23,24)25/h6-8H,3-5,9H2,1-2H3,(H,26,27)(H,28,29). The van der Waals surface area contributed by atoms with Crippen LogP contribution in [0.25, 0.3) is 0 Å². The smallest absolute Gasteiger partial charge is 0.416 e. The van der Waals surface area contributed by atoms with E-state index in [1.165, 1.54) is 0 Å². The lowest BCUT2D eigenvalue weighted by Gasteiger charge is -2.34. The van der Waals surface area contributed by atoms with E-state index in [0.717, 1.165) is 6.08 Å². The van der Waals surface area contributed by atoms with Gasteiger partial charge in [-0.15, -0.1) is 0 Å². The summed E-state index contributed by atoms with van der Waals surface area (Å²) in [4.78, 5) is 23.0. The second kappa shape index (κ2) is 8.19. The molecule has 0 aromatic rings. The number of rotatable bonds is 5. The van der Waals surface area contributed by atoms with Crippen molar-refractivity contribution in [1.29, 1.82) is 0 Å². The van der Waals surface area contributed by atoms with Crippen molar-refractivity contribution < 1.29 is 45.8 Å². The number of carboxylic acids is 1. The van der Waals surface area contributed by atoms with Gasteiger partial charge in [0.25, 0.3) is 0 Å². The van der Waals surface area contributed by atoms with Crippen LogP contribution in [0.5, 0.6) is 0 Å². The van der Waals surface area contributed by atoms with Gasteiger partial charge in [0.1, 0.15) is 11.5 Å². The van der Waals surface area contributed by atoms with E-state index in [-0.39, 0.29) is 42.4 Å². The highest BCUT2D eigenvalue weighted by Crippen LogP contribution is 2.49. The van der Waals surface area contributed by atoms with Crippen LogP contribution in [0.1, 0.15) is 39.5 Å². The molecule has 1 atom stereocenters. The van der Waals surface area contributed by atoms with Gasteiger partial charge in [0.15, 0.2) is 0 Å². The van der Waals surface area contributed by atoms with E-state index >= 15 is 0 Å². The SMILES string of the molecule is CCC(=O)NC1=C(C(=O)O)C=C(OC2=CC(C(F)(F)F)=CC(C)(C(F)(F)F)C2)CC1. The maximum atomic E-state index is 13.4. The number of carboxylic acid groups (broad SMARTS) is 1. The molecule has 0 aromatic heterocycles. The van der Waals surface area contributed by atoms with E-state index in [0.29, 0.717) is 13.0 Å². The van der Waals surface area contributed by atoms with Crippen LogP contribution in [0.15, 0.2) is 46.6 Å². The lowest BCUT2D eigenvalue weighted by molar-refractivity contribution is -0.203. The molecule has 0 radical (unpaired) electrons. The van der Waals surface area contributed by atoms with Crippen molar-refractivity contribution in [2.24, 2.45) is 5.41 Å². The molecule has 166 valence electrons. The molecule has 0 saturated heterocycles. The maximum absolute atomic E-state index is 13.4. The molecule has 0 aromatic carbocycles. The zero-order valence-corrected chi connectivity index (χ0v) is 16.0. The minimum atomic E-state index is -5.02. The summed E-state index contributed by atoms with van der Waals surface area (Å²) in [5, 5.41) is 11.7. The van der Waals surface area contributed by atoms with Gasteiger partial charge in [-0.3, -0.25) is 4.79 Å². The zero-order chi connectivity index (χ0) is 22.9. The van der Waals surface area contributed by atoms with Crippen molar-refractivity contribution >= 4 is 11.9 Å². The molecular formula is C19H19F6NO4. The third-order valence-electron chi connectivity index (χ3n) is 4.66. The van der Waals surface area contributed by atoms with Crippen LogP contribution < -0.4 is 5.32 Å². The molecule has 5 nitrogen and oxygen atoms in total. The predicted octanol–water partition coefficient (Wildman–Crippen LogP) is 4.89. The number of nitrogens with one attached hydrogen (secondary N) is 1. The zero-order valence-electron chi connectivity index (χ0n) is 16.0. The number of hydrogen-bond acceptors (Lipinski definition) is 3. The number of ether oxygens (including phenoxy) is 1. The van der Waals surface area contributed by atoms with E-state index in [1.54, 1.807) is 6.92 Å². The highest BCUT2D eigenvalue weighted by atomic mass is 19.4. The summed E-state index contributed by atoms with van der Waals surface area (Å²) in [7, 11) is 0. The second-order valence-electron chi connectivity index (χ2n) is 7.11. The monoisotopic (exact) mass is 439 g/mol. The van der Waals surface area contributed by atoms with Gasteiger partial charge in [0, 0.05) is 25.0 Å². The average Bonchev–Trinajstić information content (AvgIpc) is 2.60. The molecule has 0 saturated carbocycles. The van der Waals surface area contributed by atoms with Crippen LogP contribution in [-0.2, 0) is 14.3 Å². The Morgan fingerprint density at radius 2 is 1.77 bits per heavy atom. The minimum Gasteiger partial charge on any atom is -0.478 e. The molecule has 0 fully saturated rings. The van der Waals surface area contributed by atoms with E-state index in [9.17, 15) is 41.0 Å². The van der Waals surface area contributed by atoms with Gasteiger partial charge in [-0.25, -0.2) is 4.79 Å². The molecule has 0 spiro atoms. The van der Waals surface area contributed by atoms with Crippen molar-refractivity contribution in [3.8, 4) is 0 Å². The van der Waals surface area contributed by atoms with Crippen molar-refractivity contribution in [1.82, 2.24) is 5.32 Å². The van der Waals surface area contributed by atoms with Gasteiger partial charge in [-0.05, 0) is 25.5 Å². The molecule has 1 amide bonds. The molecule has 1 unspecified atom stereocenters. The Hall–Kier alpha value is -2.72. The fourth-order valence-corrected chi connectivity index (χ4v) is 2.96. The van der Waals surface area contributed by atoms with Crippen LogP contribution in [-0.4, -0.2) is 29.3 Å². The summed E-state index contributed by atoms with van der Waals surface area (Å²) >= 11 is 0. The van der Waals surface area contributed by atoms with Gasteiger partial charge in [-0.2, -0.15) is 26.3 Å². The third-order valence-corrected chi connectivity index (χ3v) is 4.66. The number of alkyl halides is 6. The van der Waals surface area contributed by atoms with Gasteiger partial charge >= 0.3 is 18.3 Å². The van der Waals surface area contributed by atoms with Crippen molar-refractivity contribution in [2.45, 2.75) is 51.9 Å². The normalized spacial score (nSPS) is 22.7. The van der Waals surface area contributed by atoms with Gasteiger partial charge in [0.05, 0.1) is 16.6 Å². The molecule has 30 heavy (non-hydrogen) atoms. The van der Waals surface area contributed by atoms with Crippen molar-refractivity contribution in [3.05, 3.63) is 46.6 Å². The summed E-state index contributed by atoms with van der Waals surface area (Å²) in [6, 6.07) is 0. The fourth-order valence-electron chi connectivity index (χ4n) is 2.96. The fraction of sp³-hybridized carbons (Fsp3) is 0.474. The van der Waals surface area contributed by atoms with Crippen molar-refractivity contribution in [2.75, 3.05) is 0 Å². The summed E-state index contributed by atoms with van der Waals surface area (Å²) in [6.45, 7) is 2.19. The summed E-state index contributed by atoms with van der Waals surface area (Å²) in [5.41, 5.74) is -4.55. The molecule has 11 heteroatoms. The van der Waals surface area contributed by atoms with E-state index in [4.69, 9.17) is 4.74 Å². The van der Waals surface area contributed by atoms with E-state index < -0.39 is 47.4 Å². The largest absolute Gasteiger partial charge is 0.478 e. The molecule has 2 aliphatic rings. The number of allylic oxidation sites excluding steroid dienone is 6. The Labute approximate surface area is 167 Å². The molecule has 2 N–H and O–H groups in total. The first-order valence-corrected chi connectivity index (χ1v) is 8.88. The van der Waals surface area contributed by atoms with Crippen LogP contribution >= 0.6 is 0 Å². The lowest BCUT2D eigenvalue weighted by Crippen LogP contribution is -2.37. The molecule has 2 rings (SSSR count). The second-order valence-corrected chi connectivity index (χ2v) is 7.11. The topological polar surface area (TPSA) is 75.6 Å². The first-order valence-electron chi connectivity index (χ1n) is 8.88. The first-order chi connectivity index (χ1) is 13.7. The first kappa shape index (κ1) is 23.6. The van der Waals surface area contributed by atoms with E-state index in [1.807, 2.05) is 0 Å². The molecule has 0 heterocycles. The number of carbonyl (C=O) groups excluding carboxylic acids is 1.